The monoisotopic (exact) mass is 439 g/mol. The van der Waals surface area contributed by atoms with Gasteiger partial charge in [0.25, 0.3) is 5.89 Å². The van der Waals surface area contributed by atoms with Crippen LogP contribution in [-0.2, 0) is 17.9 Å². The highest BCUT2D eigenvalue weighted by Crippen LogP contribution is 2.33. The maximum atomic E-state index is 6.04. The van der Waals surface area contributed by atoms with E-state index in [-0.39, 0.29) is 6.10 Å². The molecule has 0 aliphatic carbocycles. The van der Waals surface area contributed by atoms with E-state index in [2.05, 4.69) is 20.5 Å². The first kappa shape index (κ1) is 19.5. The number of aromatic nitrogens is 5. The lowest BCUT2D eigenvalue weighted by Crippen LogP contribution is -2.22. The topological polar surface area (TPSA) is 97.3 Å². The van der Waals surface area contributed by atoms with Crippen LogP contribution in [0.2, 0.25) is 5.02 Å². The molecule has 31 heavy (non-hydrogen) atoms. The fourth-order valence-corrected chi connectivity index (χ4v) is 3.56. The van der Waals surface area contributed by atoms with Crippen LogP contribution in [-0.4, -0.2) is 39.4 Å². The highest BCUT2D eigenvalue weighted by molar-refractivity contribution is 6.30. The summed E-state index contributed by atoms with van der Waals surface area (Å²) in [5, 5.41) is 13.3. The molecule has 0 bridgehead atoms. The van der Waals surface area contributed by atoms with Crippen LogP contribution in [0.1, 0.15) is 17.4 Å². The van der Waals surface area contributed by atoms with Gasteiger partial charge in [-0.15, -0.1) is 5.10 Å². The molecule has 2 aromatic carbocycles. The van der Waals surface area contributed by atoms with E-state index in [0.717, 1.165) is 11.3 Å². The predicted octanol–water partition coefficient (Wildman–Crippen LogP) is 3.94. The molecule has 0 saturated heterocycles. The van der Waals surface area contributed by atoms with Gasteiger partial charge in [0.15, 0.2) is 5.69 Å². The standard InChI is InChI=1S/C21H18ClN5O4/c1-28-15-7-13(8-16(9-15)29-2)21-23-20(25-31-21)19-17-11-30-18(10-27(17)26-24-19)12-3-5-14(22)6-4-12/h3-9,18H,10-11H2,1-2H3. The molecule has 0 radical (unpaired) electrons. The number of hydrogen-bond donors (Lipinski definition) is 0. The minimum Gasteiger partial charge on any atom is -0.497 e. The summed E-state index contributed by atoms with van der Waals surface area (Å²) in [5.41, 5.74) is 3.02. The SMILES string of the molecule is COc1cc(OC)cc(-c2nc(-c3nnn4c3COC(c3ccc(Cl)cc3)C4)no2)c1. The molecule has 1 unspecified atom stereocenters. The number of hydrogen-bond acceptors (Lipinski definition) is 8. The van der Waals surface area contributed by atoms with E-state index in [1.165, 1.54) is 0 Å². The molecule has 0 fully saturated rings. The van der Waals surface area contributed by atoms with Gasteiger partial charge in [-0.3, -0.25) is 0 Å². The summed E-state index contributed by atoms with van der Waals surface area (Å²) in [6, 6.07) is 12.9. The van der Waals surface area contributed by atoms with E-state index in [4.69, 9.17) is 30.3 Å². The number of rotatable bonds is 5. The van der Waals surface area contributed by atoms with Crippen LogP contribution < -0.4 is 9.47 Å². The lowest BCUT2D eigenvalue weighted by molar-refractivity contribution is -0.00112. The van der Waals surface area contributed by atoms with Gasteiger partial charge in [-0.25, -0.2) is 4.68 Å². The van der Waals surface area contributed by atoms with E-state index in [0.29, 0.717) is 52.6 Å². The molecule has 4 aromatic rings. The van der Waals surface area contributed by atoms with Gasteiger partial charge in [-0.05, 0) is 29.8 Å². The van der Waals surface area contributed by atoms with Gasteiger partial charge >= 0.3 is 0 Å². The minimum atomic E-state index is -0.135. The van der Waals surface area contributed by atoms with Gasteiger partial charge in [0.1, 0.15) is 17.6 Å². The molecule has 0 N–H and O–H groups in total. The van der Waals surface area contributed by atoms with Gasteiger partial charge in [0.2, 0.25) is 5.82 Å². The molecule has 10 heteroatoms. The molecule has 1 atom stereocenters. The van der Waals surface area contributed by atoms with Gasteiger partial charge in [-0.2, -0.15) is 4.98 Å². The predicted molar refractivity (Wildman–Crippen MR) is 111 cm³/mol. The zero-order valence-corrected chi connectivity index (χ0v) is 17.5. The Morgan fingerprint density at radius 2 is 1.81 bits per heavy atom. The minimum absolute atomic E-state index is 0.135. The second-order valence-corrected chi connectivity index (χ2v) is 7.38. The van der Waals surface area contributed by atoms with E-state index in [1.54, 1.807) is 32.4 Å². The van der Waals surface area contributed by atoms with Crippen LogP contribution in [0.15, 0.2) is 47.0 Å². The summed E-state index contributed by atoms with van der Waals surface area (Å²) in [7, 11) is 3.16. The number of fused-ring (bicyclic) bond motifs is 1. The van der Waals surface area contributed by atoms with Crippen molar-refractivity contribution < 1.29 is 18.7 Å². The largest absolute Gasteiger partial charge is 0.497 e. The zero-order chi connectivity index (χ0) is 21.4. The number of ether oxygens (including phenoxy) is 3. The number of benzene rings is 2. The average molecular weight is 440 g/mol. The quantitative estimate of drug-likeness (QED) is 0.461. The number of halogens is 1. The molecular weight excluding hydrogens is 422 g/mol. The van der Waals surface area contributed by atoms with Crippen molar-refractivity contribution in [3.05, 3.63) is 58.7 Å². The van der Waals surface area contributed by atoms with Gasteiger partial charge in [0.05, 0.1) is 33.1 Å². The Balaban J connectivity index is 1.41. The molecule has 0 spiro atoms. The lowest BCUT2D eigenvalue weighted by atomic mass is 10.1. The van der Waals surface area contributed by atoms with Crippen LogP contribution in [0.4, 0.5) is 0 Å². The molecule has 158 valence electrons. The summed E-state index contributed by atoms with van der Waals surface area (Å²) >= 11 is 5.98. The molecule has 1 aliphatic heterocycles. The third kappa shape index (κ3) is 3.73. The van der Waals surface area contributed by atoms with Crippen LogP contribution in [0.3, 0.4) is 0 Å². The number of methoxy groups -OCH3 is 2. The van der Waals surface area contributed by atoms with E-state index in [1.807, 2.05) is 28.9 Å². The maximum absolute atomic E-state index is 6.04. The normalized spacial score (nSPS) is 15.5. The maximum Gasteiger partial charge on any atom is 0.258 e. The highest BCUT2D eigenvalue weighted by Gasteiger charge is 2.27. The lowest BCUT2D eigenvalue weighted by Gasteiger charge is -2.24. The van der Waals surface area contributed by atoms with Crippen LogP contribution in [0, 0.1) is 0 Å². The Kier molecular flexibility index (Phi) is 5.05. The van der Waals surface area contributed by atoms with Crippen molar-refractivity contribution in [1.82, 2.24) is 25.1 Å². The van der Waals surface area contributed by atoms with Crippen molar-refractivity contribution >= 4 is 11.6 Å². The Bertz CT molecular complexity index is 1200. The van der Waals surface area contributed by atoms with E-state index < -0.39 is 0 Å². The van der Waals surface area contributed by atoms with Gasteiger partial charge in [-0.1, -0.05) is 34.1 Å². The van der Waals surface area contributed by atoms with Crippen molar-refractivity contribution in [2.45, 2.75) is 19.3 Å². The first-order valence-corrected chi connectivity index (χ1v) is 9.89. The zero-order valence-electron chi connectivity index (χ0n) is 16.8. The molecular formula is C21H18ClN5O4. The Morgan fingerprint density at radius 1 is 1.06 bits per heavy atom. The summed E-state index contributed by atoms with van der Waals surface area (Å²) < 4.78 is 23.9. The van der Waals surface area contributed by atoms with Crippen molar-refractivity contribution in [3.63, 3.8) is 0 Å². The number of nitrogens with zero attached hydrogens (tertiary/aromatic N) is 5. The fourth-order valence-electron chi connectivity index (χ4n) is 3.43. The van der Waals surface area contributed by atoms with Crippen molar-refractivity contribution in [1.29, 1.82) is 0 Å². The highest BCUT2D eigenvalue weighted by atomic mass is 35.5. The second-order valence-electron chi connectivity index (χ2n) is 6.94. The summed E-state index contributed by atoms with van der Waals surface area (Å²) in [6.07, 6.45) is -0.135. The summed E-state index contributed by atoms with van der Waals surface area (Å²) in [5.74, 6) is 1.91. The smallest absolute Gasteiger partial charge is 0.258 e. The molecule has 0 saturated carbocycles. The first-order valence-electron chi connectivity index (χ1n) is 9.51. The molecule has 2 aromatic heterocycles. The van der Waals surface area contributed by atoms with Gasteiger partial charge < -0.3 is 18.7 Å². The van der Waals surface area contributed by atoms with Crippen molar-refractivity contribution in [3.8, 4) is 34.5 Å². The first-order chi connectivity index (χ1) is 15.1. The Hall–Kier alpha value is -3.43. The average Bonchev–Trinajstić information content (AvgIpc) is 3.46. The molecule has 0 amide bonds. The summed E-state index contributed by atoms with van der Waals surface area (Å²) in [6.45, 7) is 0.855. The van der Waals surface area contributed by atoms with Crippen LogP contribution in [0.25, 0.3) is 23.0 Å². The van der Waals surface area contributed by atoms with Crippen molar-refractivity contribution in [2.24, 2.45) is 0 Å². The molecule has 5 rings (SSSR count). The third-order valence-electron chi connectivity index (χ3n) is 5.08. The van der Waals surface area contributed by atoms with Crippen LogP contribution >= 0.6 is 11.6 Å². The van der Waals surface area contributed by atoms with Crippen LogP contribution in [0.5, 0.6) is 11.5 Å². The second kappa shape index (κ2) is 8.01. The fraction of sp³-hybridized carbons (Fsp3) is 0.238. The molecule has 3 heterocycles. The molecule has 1 aliphatic rings. The Labute approximate surface area is 182 Å². The Morgan fingerprint density at radius 3 is 2.52 bits per heavy atom. The van der Waals surface area contributed by atoms with E-state index >= 15 is 0 Å². The molecule has 9 nitrogen and oxygen atoms in total. The van der Waals surface area contributed by atoms with Gasteiger partial charge in [0, 0.05) is 16.7 Å². The summed E-state index contributed by atoms with van der Waals surface area (Å²) in [4.78, 5) is 4.49. The third-order valence-corrected chi connectivity index (χ3v) is 5.33. The van der Waals surface area contributed by atoms with Crippen molar-refractivity contribution in [2.75, 3.05) is 14.2 Å². The van der Waals surface area contributed by atoms with E-state index in [9.17, 15) is 0 Å².